The molecule has 0 bridgehead atoms. The van der Waals surface area contributed by atoms with E-state index in [4.69, 9.17) is 4.74 Å². The number of ether oxygens (including phenoxy) is 1. The molecule has 1 fully saturated rings. The number of nitrogens with zero attached hydrogens (tertiary/aromatic N) is 1. The second kappa shape index (κ2) is 8.22. The Balaban J connectivity index is 2.15. The average molecular weight is 408 g/mol. The van der Waals surface area contributed by atoms with E-state index in [1.54, 1.807) is 50.2 Å². The lowest BCUT2D eigenvalue weighted by Gasteiger charge is -2.38. The van der Waals surface area contributed by atoms with Gasteiger partial charge in [0.25, 0.3) is 0 Å². The fourth-order valence-electron chi connectivity index (χ4n) is 3.87. The summed E-state index contributed by atoms with van der Waals surface area (Å²) in [5, 5.41) is 2.21. The van der Waals surface area contributed by atoms with E-state index in [-0.39, 0.29) is 17.7 Å². The number of fused-ring (bicyclic) bond motifs is 1. The van der Waals surface area contributed by atoms with Crippen LogP contribution in [0, 0.1) is 0 Å². The summed E-state index contributed by atoms with van der Waals surface area (Å²) in [6, 6.07) is 8.32. The number of rotatable bonds is 7. The van der Waals surface area contributed by atoms with Gasteiger partial charge in [0.2, 0.25) is 5.91 Å². The number of carbonyl (C=O) groups excluding carboxylic acids is 1. The molecular formula is C22H27F3N2O2. The van der Waals surface area contributed by atoms with Crippen molar-refractivity contribution in [1.82, 2.24) is 10.4 Å². The van der Waals surface area contributed by atoms with Gasteiger partial charge in [-0.25, -0.2) is 0 Å². The Bertz CT molecular complexity index is 880. The largest absolute Gasteiger partial charge is 0.493 e. The Morgan fingerprint density at radius 3 is 2.52 bits per heavy atom. The highest BCUT2D eigenvalue weighted by atomic mass is 19.4. The van der Waals surface area contributed by atoms with Gasteiger partial charge in [-0.1, -0.05) is 50.1 Å². The van der Waals surface area contributed by atoms with E-state index in [0.29, 0.717) is 17.4 Å². The molecule has 29 heavy (non-hydrogen) atoms. The van der Waals surface area contributed by atoms with Crippen molar-refractivity contribution >= 4 is 16.7 Å². The number of benzene rings is 2. The molecule has 0 aromatic heterocycles. The molecule has 0 aliphatic carbocycles. The van der Waals surface area contributed by atoms with Crippen LogP contribution in [-0.4, -0.2) is 29.2 Å². The first kappa shape index (κ1) is 21.4. The molecule has 1 aliphatic rings. The summed E-state index contributed by atoms with van der Waals surface area (Å²) in [5.41, 5.74) is 1.49. The maximum absolute atomic E-state index is 14.4. The van der Waals surface area contributed by atoms with E-state index < -0.39 is 23.7 Å². The van der Waals surface area contributed by atoms with Crippen LogP contribution < -0.4 is 10.2 Å². The Morgan fingerprint density at radius 2 is 1.90 bits per heavy atom. The van der Waals surface area contributed by atoms with Crippen LogP contribution in [0.1, 0.15) is 58.1 Å². The normalized spacial score (nSPS) is 18.1. The third-order valence-electron chi connectivity index (χ3n) is 5.27. The van der Waals surface area contributed by atoms with Crippen LogP contribution in [0.5, 0.6) is 5.75 Å². The first-order chi connectivity index (χ1) is 13.6. The smallest absolute Gasteiger partial charge is 0.410 e. The van der Waals surface area contributed by atoms with Gasteiger partial charge in [-0.05, 0) is 37.1 Å². The second-order valence-electron chi connectivity index (χ2n) is 8.09. The maximum atomic E-state index is 14.4. The van der Waals surface area contributed by atoms with Crippen molar-refractivity contribution in [1.29, 1.82) is 0 Å². The molecule has 2 aromatic carbocycles. The van der Waals surface area contributed by atoms with E-state index in [2.05, 4.69) is 12.3 Å². The third-order valence-corrected chi connectivity index (χ3v) is 5.27. The van der Waals surface area contributed by atoms with Crippen LogP contribution in [0.2, 0.25) is 0 Å². The summed E-state index contributed by atoms with van der Waals surface area (Å²) >= 11 is 0. The van der Waals surface area contributed by atoms with Gasteiger partial charge in [-0.15, -0.1) is 0 Å². The van der Waals surface area contributed by atoms with Crippen molar-refractivity contribution in [2.45, 2.75) is 64.2 Å². The Morgan fingerprint density at radius 1 is 1.17 bits per heavy atom. The summed E-state index contributed by atoms with van der Waals surface area (Å²) in [5.74, 6) is -0.214. The number of halogens is 3. The number of alkyl halides is 3. The molecule has 0 saturated carbocycles. The summed E-state index contributed by atoms with van der Waals surface area (Å²) in [6.07, 6.45) is -1.91. The molecule has 1 heterocycles. The van der Waals surface area contributed by atoms with Gasteiger partial charge >= 0.3 is 6.18 Å². The predicted octanol–water partition coefficient (Wildman–Crippen LogP) is 5.53. The molecule has 1 aliphatic heterocycles. The van der Waals surface area contributed by atoms with E-state index in [9.17, 15) is 18.0 Å². The Hall–Kier alpha value is -2.28. The first-order valence-electron chi connectivity index (χ1n) is 9.95. The van der Waals surface area contributed by atoms with Gasteiger partial charge in [0.05, 0.1) is 6.61 Å². The van der Waals surface area contributed by atoms with E-state index in [1.165, 1.54) is 0 Å². The van der Waals surface area contributed by atoms with Crippen molar-refractivity contribution in [2.75, 3.05) is 6.61 Å². The predicted molar refractivity (Wildman–Crippen MR) is 106 cm³/mol. The van der Waals surface area contributed by atoms with Crippen LogP contribution >= 0.6 is 0 Å². The number of hydrogen-bond acceptors (Lipinski definition) is 3. The van der Waals surface area contributed by atoms with Gasteiger partial charge in [0, 0.05) is 17.5 Å². The third kappa shape index (κ3) is 4.50. The SMILES string of the molecule is CCCCCOc1ccc2ccccc2c1[C@H](N1NC(=O)CC1(C)C)C(F)(F)F. The van der Waals surface area contributed by atoms with Crippen LogP contribution in [0.4, 0.5) is 13.2 Å². The lowest BCUT2D eigenvalue weighted by Crippen LogP contribution is -2.51. The molecule has 1 saturated heterocycles. The molecule has 1 amide bonds. The molecule has 4 nitrogen and oxygen atoms in total. The zero-order valence-corrected chi connectivity index (χ0v) is 17.0. The summed E-state index contributed by atoms with van der Waals surface area (Å²) in [4.78, 5) is 12.0. The number of carbonyl (C=O) groups is 1. The standard InChI is InChI=1S/C22H27F3N2O2/c1-4-5-8-13-29-17-12-11-15-9-6-7-10-16(15)19(17)20(22(23,24)25)27-21(2,3)14-18(28)26-27/h6-7,9-12,20H,4-5,8,13-14H2,1-3H3,(H,26,28)/t20-/m0/s1. The fraction of sp³-hybridized carbons (Fsp3) is 0.500. The highest BCUT2D eigenvalue weighted by molar-refractivity contribution is 5.88. The van der Waals surface area contributed by atoms with Crippen molar-refractivity contribution < 1.29 is 22.7 Å². The van der Waals surface area contributed by atoms with E-state index in [0.717, 1.165) is 24.3 Å². The number of hydrogen-bond donors (Lipinski definition) is 1. The number of hydrazine groups is 1. The van der Waals surface area contributed by atoms with Crippen molar-refractivity contribution in [3.63, 3.8) is 0 Å². The highest BCUT2D eigenvalue weighted by Crippen LogP contribution is 2.48. The zero-order chi connectivity index (χ0) is 21.2. The summed E-state index contributed by atoms with van der Waals surface area (Å²) < 4.78 is 49.1. The van der Waals surface area contributed by atoms with E-state index >= 15 is 0 Å². The summed E-state index contributed by atoms with van der Waals surface area (Å²) in [7, 11) is 0. The molecular weight excluding hydrogens is 381 g/mol. The summed E-state index contributed by atoms with van der Waals surface area (Å²) in [6.45, 7) is 5.67. The van der Waals surface area contributed by atoms with Crippen LogP contribution in [0.15, 0.2) is 36.4 Å². The molecule has 3 rings (SSSR count). The Kier molecular flexibility index (Phi) is 6.08. The maximum Gasteiger partial charge on any atom is 0.410 e. The molecule has 0 unspecified atom stereocenters. The second-order valence-corrected chi connectivity index (χ2v) is 8.09. The first-order valence-corrected chi connectivity index (χ1v) is 9.95. The fourth-order valence-corrected chi connectivity index (χ4v) is 3.87. The lowest BCUT2D eigenvalue weighted by molar-refractivity contribution is -0.203. The molecule has 0 spiro atoms. The molecule has 1 N–H and O–H groups in total. The number of nitrogens with one attached hydrogen (secondary N) is 1. The van der Waals surface area contributed by atoms with Crippen LogP contribution in [0.3, 0.4) is 0 Å². The molecule has 158 valence electrons. The van der Waals surface area contributed by atoms with Gasteiger partial charge in [-0.3, -0.25) is 10.2 Å². The molecule has 2 aromatic rings. The quantitative estimate of drug-likeness (QED) is 0.613. The minimum absolute atomic E-state index is 0.00294. The van der Waals surface area contributed by atoms with Gasteiger partial charge in [-0.2, -0.15) is 18.2 Å². The minimum Gasteiger partial charge on any atom is -0.493 e. The molecule has 1 atom stereocenters. The van der Waals surface area contributed by atoms with Crippen molar-refractivity contribution in [2.24, 2.45) is 0 Å². The topological polar surface area (TPSA) is 41.6 Å². The zero-order valence-electron chi connectivity index (χ0n) is 17.0. The van der Waals surface area contributed by atoms with Crippen LogP contribution in [-0.2, 0) is 4.79 Å². The van der Waals surface area contributed by atoms with Crippen LogP contribution in [0.25, 0.3) is 10.8 Å². The number of amides is 1. The molecule has 0 radical (unpaired) electrons. The average Bonchev–Trinajstić information content (AvgIpc) is 2.91. The minimum atomic E-state index is -4.61. The number of unbranched alkanes of at least 4 members (excludes halogenated alkanes) is 2. The van der Waals surface area contributed by atoms with Crippen molar-refractivity contribution in [3.8, 4) is 5.75 Å². The van der Waals surface area contributed by atoms with Gasteiger partial charge in [0.15, 0.2) is 6.04 Å². The Labute approximate surface area is 169 Å². The van der Waals surface area contributed by atoms with Gasteiger partial charge < -0.3 is 4.74 Å². The van der Waals surface area contributed by atoms with E-state index in [1.807, 2.05) is 0 Å². The lowest BCUT2D eigenvalue weighted by atomic mass is 9.93. The van der Waals surface area contributed by atoms with Crippen molar-refractivity contribution in [3.05, 3.63) is 42.0 Å². The molecule has 7 heteroatoms. The van der Waals surface area contributed by atoms with Gasteiger partial charge in [0.1, 0.15) is 5.75 Å². The monoisotopic (exact) mass is 408 g/mol. The highest BCUT2D eigenvalue weighted by Gasteiger charge is 2.54.